The summed E-state index contributed by atoms with van der Waals surface area (Å²) in [6.07, 6.45) is 6.11. The third-order valence-corrected chi connectivity index (χ3v) is 4.16. The molecule has 0 saturated heterocycles. The summed E-state index contributed by atoms with van der Waals surface area (Å²) in [5.41, 5.74) is 6.98. The molecule has 0 N–H and O–H groups in total. The van der Waals surface area contributed by atoms with Crippen molar-refractivity contribution < 1.29 is 4.74 Å². The van der Waals surface area contributed by atoms with Crippen LogP contribution < -0.4 is 0 Å². The Hall–Kier alpha value is -2.68. The van der Waals surface area contributed by atoms with E-state index >= 15 is 0 Å². The number of hydrogen-bond acceptors (Lipinski definition) is 3. The summed E-state index contributed by atoms with van der Waals surface area (Å²) in [5, 5.41) is 0. The summed E-state index contributed by atoms with van der Waals surface area (Å²) in [6, 6.07) is 8.37. The number of benzene rings is 1. The lowest BCUT2D eigenvalue weighted by Crippen LogP contribution is -2.15. The quantitative estimate of drug-likeness (QED) is 0.525. The lowest BCUT2D eigenvalue weighted by Gasteiger charge is -2.26. The molecule has 1 aromatic carbocycles. The van der Waals surface area contributed by atoms with E-state index in [2.05, 4.69) is 55.4 Å². The highest BCUT2D eigenvalue weighted by atomic mass is 16.5. The van der Waals surface area contributed by atoms with E-state index in [0.717, 1.165) is 17.2 Å². The molecule has 3 rings (SSSR count). The molecule has 3 nitrogen and oxygen atoms in total. The molecule has 0 aliphatic carbocycles. The van der Waals surface area contributed by atoms with Crippen LogP contribution in [0.25, 0.3) is 11.3 Å². The predicted octanol–water partition coefficient (Wildman–Crippen LogP) is 6.90. The molecule has 2 heterocycles. The number of rotatable bonds is 1. The summed E-state index contributed by atoms with van der Waals surface area (Å²) in [5.74, 6) is 0.840. The van der Waals surface area contributed by atoms with Crippen LogP contribution in [0.2, 0.25) is 0 Å². The fraction of sp³-hybridized carbons (Fsp3) is 0.360. The molecule has 0 radical (unpaired) electrons. The molecule has 28 heavy (non-hydrogen) atoms. The maximum atomic E-state index is 5.12. The number of allylic oxidation sites excluding steroid dienone is 3. The van der Waals surface area contributed by atoms with Crippen molar-refractivity contribution in [3.63, 3.8) is 0 Å². The van der Waals surface area contributed by atoms with Gasteiger partial charge in [-0.15, -0.1) is 0 Å². The van der Waals surface area contributed by atoms with Gasteiger partial charge in [0.1, 0.15) is 5.76 Å². The van der Waals surface area contributed by atoms with Gasteiger partial charge in [-0.1, -0.05) is 65.1 Å². The number of methoxy groups -OCH3 is 1. The minimum atomic E-state index is 0.840. The molecular weight excluding hydrogens is 344 g/mol. The van der Waals surface area contributed by atoms with Crippen LogP contribution in [0.15, 0.2) is 72.9 Å². The Bertz CT molecular complexity index is 754. The molecule has 0 saturated carbocycles. The molecule has 154 valence electrons. The standard InChI is InChI=1S/C12H13N.C9H13NO.2C2H6/c1-9-8-13(3)10(2)12-7-5-4-6-11(9)12;1-7-5-9(11-4)8(2)10(3)6-7;2*1-2/h4-8H,2H2,1,3H3;5-6H,2H2,1,3-4H3;2*1-2H3. The fourth-order valence-electron chi connectivity index (χ4n) is 2.77. The molecule has 2 aliphatic rings. The van der Waals surface area contributed by atoms with Crippen LogP contribution in [0.1, 0.15) is 52.7 Å². The molecule has 2 aliphatic heterocycles. The van der Waals surface area contributed by atoms with Gasteiger partial charge in [0.15, 0.2) is 0 Å². The number of fused-ring (bicyclic) bond motifs is 1. The average Bonchev–Trinajstić information content (AvgIpc) is 2.72. The van der Waals surface area contributed by atoms with E-state index in [0.29, 0.717) is 0 Å². The number of ether oxygens (including phenoxy) is 1. The Morgan fingerprint density at radius 1 is 0.786 bits per heavy atom. The van der Waals surface area contributed by atoms with Crippen molar-refractivity contribution in [3.8, 4) is 0 Å². The van der Waals surface area contributed by atoms with Crippen molar-refractivity contribution in [1.29, 1.82) is 0 Å². The van der Waals surface area contributed by atoms with Gasteiger partial charge in [-0.3, -0.25) is 0 Å². The van der Waals surface area contributed by atoms with E-state index < -0.39 is 0 Å². The summed E-state index contributed by atoms with van der Waals surface area (Å²) in [7, 11) is 5.64. The smallest absolute Gasteiger partial charge is 0.142 e. The van der Waals surface area contributed by atoms with Crippen LogP contribution in [-0.2, 0) is 4.74 Å². The Morgan fingerprint density at radius 3 is 1.82 bits per heavy atom. The van der Waals surface area contributed by atoms with Gasteiger partial charge in [-0.25, -0.2) is 0 Å². The van der Waals surface area contributed by atoms with Gasteiger partial charge < -0.3 is 14.5 Å². The molecule has 0 unspecified atom stereocenters. The lowest BCUT2D eigenvalue weighted by atomic mass is 9.96. The second-order valence-corrected chi connectivity index (χ2v) is 6.06. The second-order valence-electron chi connectivity index (χ2n) is 6.06. The normalized spacial score (nSPS) is 14.5. The van der Waals surface area contributed by atoms with Gasteiger partial charge >= 0.3 is 0 Å². The lowest BCUT2D eigenvalue weighted by molar-refractivity contribution is 0.280. The van der Waals surface area contributed by atoms with Crippen molar-refractivity contribution in [2.45, 2.75) is 41.5 Å². The highest BCUT2D eigenvalue weighted by Gasteiger charge is 2.14. The van der Waals surface area contributed by atoms with E-state index in [4.69, 9.17) is 4.74 Å². The highest BCUT2D eigenvalue weighted by molar-refractivity contribution is 5.81. The largest absolute Gasteiger partial charge is 0.495 e. The van der Waals surface area contributed by atoms with Crippen LogP contribution >= 0.6 is 0 Å². The molecule has 0 spiro atoms. The van der Waals surface area contributed by atoms with Crippen molar-refractivity contribution in [1.82, 2.24) is 9.80 Å². The number of hydrogen-bond donors (Lipinski definition) is 0. The molecule has 0 aromatic heterocycles. The summed E-state index contributed by atoms with van der Waals surface area (Å²) < 4.78 is 5.12. The topological polar surface area (TPSA) is 15.7 Å². The first kappa shape index (κ1) is 25.3. The number of nitrogens with zero attached hydrogens (tertiary/aromatic N) is 2. The summed E-state index contributed by atoms with van der Waals surface area (Å²) in [6.45, 7) is 20.1. The Balaban J connectivity index is 0.000000447. The molecule has 1 aromatic rings. The van der Waals surface area contributed by atoms with Crippen molar-refractivity contribution in [2.24, 2.45) is 0 Å². The molecule has 0 amide bonds. The maximum absolute atomic E-state index is 5.12. The monoisotopic (exact) mass is 382 g/mol. The minimum Gasteiger partial charge on any atom is -0.495 e. The van der Waals surface area contributed by atoms with Crippen LogP contribution in [-0.4, -0.2) is 31.0 Å². The third-order valence-electron chi connectivity index (χ3n) is 4.16. The SMILES string of the molecule is C=C1C(OC)=CC(C)=CN1C.C=C1c2ccccc2C(C)=CN1C.CC.CC. The van der Waals surface area contributed by atoms with Gasteiger partial charge in [-0.2, -0.15) is 0 Å². The predicted molar refractivity (Wildman–Crippen MR) is 125 cm³/mol. The average molecular weight is 383 g/mol. The molecule has 0 fully saturated rings. The molecule has 0 atom stereocenters. The van der Waals surface area contributed by atoms with Crippen LogP contribution in [0.3, 0.4) is 0 Å². The van der Waals surface area contributed by atoms with E-state index in [1.807, 2.05) is 65.9 Å². The zero-order chi connectivity index (χ0) is 21.9. The molecule has 3 heteroatoms. The molecular formula is C25H38N2O. The Kier molecular flexibility index (Phi) is 11.4. The third kappa shape index (κ3) is 6.49. The zero-order valence-corrected chi connectivity index (χ0v) is 19.3. The maximum Gasteiger partial charge on any atom is 0.142 e. The van der Waals surface area contributed by atoms with Crippen molar-refractivity contribution in [2.75, 3.05) is 21.2 Å². The minimum absolute atomic E-state index is 0.840. The Labute approximate surface area is 173 Å². The molecule has 0 bridgehead atoms. The first-order valence-corrected chi connectivity index (χ1v) is 9.91. The van der Waals surface area contributed by atoms with Crippen molar-refractivity contribution >= 4 is 11.3 Å². The summed E-state index contributed by atoms with van der Waals surface area (Å²) in [4.78, 5) is 4.02. The van der Waals surface area contributed by atoms with Crippen LogP contribution in [0.5, 0.6) is 0 Å². The van der Waals surface area contributed by atoms with E-state index in [9.17, 15) is 0 Å². The zero-order valence-electron chi connectivity index (χ0n) is 19.3. The second kappa shape index (κ2) is 12.7. The van der Waals surface area contributed by atoms with Gasteiger partial charge in [0.2, 0.25) is 0 Å². The summed E-state index contributed by atoms with van der Waals surface area (Å²) >= 11 is 0. The van der Waals surface area contributed by atoms with Gasteiger partial charge in [0.05, 0.1) is 12.8 Å². The first-order valence-electron chi connectivity index (χ1n) is 9.91. The van der Waals surface area contributed by atoms with Crippen LogP contribution in [0.4, 0.5) is 0 Å². The Morgan fingerprint density at radius 2 is 1.29 bits per heavy atom. The van der Waals surface area contributed by atoms with Crippen LogP contribution in [0, 0.1) is 0 Å². The van der Waals surface area contributed by atoms with Crippen molar-refractivity contribution in [3.05, 3.63) is 84.1 Å². The van der Waals surface area contributed by atoms with Gasteiger partial charge in [0.25, 0.3) is 0 Å². The highest BCUT2D eigenvalue weighted by Crippen LogP contribution is 2.31. The van der Waals surface area contributed by atoms with E-state index in [1.165, 1.54) is 22.3 Å². The van der Waals surface area contributed by atoms with E-state index in [1.54, 1.807) is 7.11 Å². The van der Waals surface area contributed by atoms with Gasteiger partial charge in [-0.05, 0) is 36.6 Å². The fourth-order valence-corrected chi connectivity index (χ4v) is 2.77. The number of likely N-dealkylation sites (N-methyl/N-ethyl adjacent to an activating group) is 1. The van der Waals surface area contributed by atoms with E-state index in [-0.39, 0.29) is 0 Å². The first-order chi connectivity index (χ1) is 13.3. The van der Waals surface area contributed by atoms with Gasteiger partial charge in [0, 0.05) is 37.8 Å².